The number of ether oxygens (including phenoxy) is 2. The van der Waals surface area contributed by atoms with Crippen LogP contribution in [0.1, 0.15) is 10.4 Å². The molecule has 3 rings (SSSR count). The molecule has 18 heavy (non-hydrogen) atoms. The summed E-state index contributed by atoms with van der Waals surface area (Å²) >= 11 is 1.63. The van der Waals surface area contributed by atoms with Crippen LogP contribution in [0, 0.1) is 0 Å². The maximum Gasteiger partial charge on any atom is 0.513 e. The minimum atomic E-state index is -0.698. The van der Waals surface area contributed by atoms with Crippen LogP contribution in [-0.2, 0) is 9.47 Å². The number of nitrogens with zero attached hydrogens (tertiary/aromatic N) is 1. The van der Waals surface area contributed by atoms with Crippen molar-refractivity contribution in [2.24, 2.45) is 0 Å². The number of hydrogen-bond donors (Lipinski definition) is 0. The summed E-state index contributed by atoms with van der Waals surface area (Å²) in [6.45, 7) is 0.775. The predicted octanol–water partition coefficient (Wildman–Crippen LogP) is 3.06. The number of thiophene rings is 1. The lowest BCUT2D eigenvalue weighted by molar-refractivity contribution is 0.0993. The molecule has 0 N–H and O–H groups in total. The first kappa shape index (κ1) is 11.1. The van der Waals surface area contributed by atoms with Crippen LogP contribution in [0.4, 0.5) is 4.79 Å². The summed E-state index contributed by atoms with van der Waals surface area (Å²) in [5.74, 6) is 0.529. The number of allylic oxidation sites excluding steroid dienone is 1. The standard InChI is InChI=1S/C13H11NO3S/c1-16-13(15)17-10-3-2-6-14-7-4-9-5-8-18-12(9)11(10)14/h2-5,7-8H,6H2,1H3. The number of rotatable bonds is 1. The molecule has 92 valence electrons. The van der Waals surface area contributed by atoms with Crippen LogP contribution in [-0.4, -0.2) is 24.7 Å². The van der Waals surface area contributed by atoms with Gasteiger partial charge in [-0.15, -0.1) is 11.3 Å². The molecule has 0 amide bonds. The Morgan fingerprint density at radius 1 is 1.44 bits per heavy atom. The zero-order valence-electron chi connectivity index (χ0n) is 9.75. The molecule has 1 aromatic heterocycles. The van der Waals surface area contributed by atoms with Crippen LogP contribution >= 0.6 is 11.3 Å². The summed E-state index contributed by atoms with van der Waals surface area (Å²) < 4.78 is 9.74. The minimum Gasteiger partial charge on any atom is -0.437 e. The van der Waals surface area contributed by atoms with Crippen LogP contribution in [0.15, 0.2) is 35.6 Å². The second-order valence-corrected chi connectivity index (χ2v) is 4.76. The van der Waals surface area contributed by atoms with Gasteiger partial charge in [-0.25, -0.2) is 4.79 Å². The van der Waals surface area contributed by atoms with Crippen molar-refractivity contribution in [1.82, 2.24) is 4.90 Å². The van der Waals surface area contributed by atoms with Crippen LogP contribution < -0.4 is 0 Å². The second-order valence-electron chi connectivity index (χ2n) is 3.84. The van der Waals surface area contributed by atoms with Gasteiger partial charge in [0.25, 0.3) is 0 Å². The van der Waals surface area contributed by atoms with Crippen molar-refractivity contribution < 1.29 is 14.3 Å². The summed E-state index contributed by atoms with van der Waals surface area (Å²) in [6, 6.07) is 2.05. The molecule has 3 heterocycles. The number of fused-ring (bicyclic) bond motifs is 3. The Hall–Kier alpha value is -2.01. The van der Waals surface area contributed by atoms with Gasteiger partial charge in [0, 0.05) is 12.7 Å². The predicted molar refractivity (Wildman–Crippen MR) is 69.6 cm³/mol. The van der Waals surface area contributed by atoms with Gasteiger partial charge in [0.1, 0.15) is 5.70 Å². The van der Waals surface area contributed by atoms with Crippen LogP contribution in [0.2, 0.25) is 0 Å². The molecular weight excluding hydrogens is 250 g/mol. The summed E-state index contributed by atoms with van der Waals surface area (Å²) in [4.78, 5) is 14.4. The van der Waals surface area contributed by atoms with Gasteiger partial charge < -0.3 is 14.4 Å². The molecule has 0 spiro atoms. The topological polar surface area (TPSA) is 38.8 Å². The number of methoxy groups -OCH3 is 1. The largest absolute Gasteiger partial charge is 0.513 e. The van der Waals surface area contributed by atoms with Crippen molar-refractivity contribution in [3.8, 4) is 0 Å². The number of hydrogen-bond acceptors (Lipinski definition) is 5. The van der Waals surface area contributed by atoms with E-state index in [9.17, 15) is 4.79 Å². The minimum absolute atomic E-state index is 0.529. The average Bonchev–Trinajstić information content (AvgIpc) is 2.87. The van der Waals surface area contributed by atoms with Crippen molar-refractivity contribution in [2.75, 3.05) is 13.7 Å². The maximum absolute atomic E-state index is 11.3. The highest BCUT2D eigenvalue weighted by molar-refractivity contribution is 7.11. The number of carbonyl (C=O) groups is 1. The molecule has 0 aliphatic carbocycles. The normalized spacial score (nSPS) is 16.4. The van der Waals surface area contributed by atoms with Gasteiger partial charge in [-0.05, 0) is 29.2 Å². The Kier molecular flexibility index (Phi) is 2.68. The van der Waals surface area contributed by atoms with E-state index in [4.69, 9.17) is 4.74 Å². The van der Waals surface area contributed by atoms with Gasteiger partial charge in [0.15, 0.2) is 5.76 Å². The molecule has 0 saturated carbocycles. The fraction of sp³-hybridized carbons (Fsp3) is 0.154. The molecule has 0 aromatic carbocycles. The monoisotopic (exact) mass is 261 g/mol. The molecule has 2 aliphatic heterocycles. The van der Waals surface area contributed by atoms with E-state index in [1.165, 1.54) is 7.11 Å². The summed E-state index contributed by atoms with van der Waals surface area (Å²) in [5, 5.41) is 2.03. The van der Waals surface area contributed by atoms with Crippen molar-refractivity contribution >= 4 is 29.3 Å². The van der Waals surface area contributed by atoms with Gasteiger partial charge in [-0.1, -0.05) is 6.08 Å². The fourth-order valence-electron chi connectivity index (χ4n) is 1.99. The van der Waals surface area contributed by atoms with Crippen molar-refractivity contribution in [3.05, 3.63) is 46.0 Å². The van der Waals surface area contributed by atoms with E-state index in [0.717, 1.165) is 22.7 Å². The van der Waals surface area contributed by atoms with E-state index < -0.39 is 6.16 Å². The Labute approximate surface area is 108 Å². The third kappa shape index (κ3) is 1.73. The first-order valence-electron chi connectivity index (χ1n) is 5.49. The Bertz CT molecular complexity index is 583. The molecule has 0 saturated heterocycles. The molecule has 5 heteroatoms. The van der Waals surface area contributed by atoms with Crippen LogP contribution in [0.5, 0.6) is 0 Å². The van der Waals surface area contributed by atoms with Crippen molar-refractivity contribution in [2.45, 2.75) is 0 Å². The molecule has 0 bridgehead atoms. The first-order chi connectivity index (χ1) is 8.79. The van der Waals surface area contributed by atoms with Gasteiger partial charge >= 0.3 is 6.16 Å². The third-order valence-corrected chi connectivity index (χ3v) is 3.73. The zero-order chi connectivity index (χ0) is 12.5. The quantitative estimate of drug-likeness (QED) is 0.728. The van der Waals surface area contributed by atoms with E-state index in [1.807, 2.05) is 23.7 Å². The lowest BCUT2D eigenvalue weighted by Crippen LogP contribution is -2.23. The van der Waals surface area contributed by atoms with E-state index in [-0.39, 0.29) is 0 Å². The van der Waals surface area contributed by atoms with Gasteiger partial charge in [-0.3, -0.25) is 0 Å². The SMILES string of the molecule is COC(=O)OC1=C2c3sccc3C=CN2CC=C1. The lowest BCUT2D eigenvalue weighted by atomic mass is 10.1. The maximum atomic E-state index is 11.3. The van der Waals surface area contributed by atoms with Gasteiger partial charge in [0.2, 0.25) is 0 Å². The summed E-state index contributed by atoms with van der Waals surface area (Å²) in [7, 11) is 1.30. The van der Waals surface area contributed by atoms with Crippen molar-refractivity contribution in [3.63, 3.8) is 0 Å². The number of carbonyl (C=O) groups excluding carboxylic acids is 1. The van der Waals surface area contributed by atoms with Gasteiger partial charge in [0.05, 0.1) is 12.0 Å². The smallest absolute Gasteiger partial charge is 0.437 e. The van der Waals surface area contributed by atoms with Crippen LogP contribution in [0.3, 0.4) is 0 Å². The van der Waals surface area contributed by atoms with E-state index in [2.05, 4.69) is 21.8 Å². The molecular formula is C13H11NO3S. The third-order valence-electron chi connectivity index (χ3n) is 2.80. The molecule has 1 aromatic rings. The second kappa shape index (κ2) is 4.34. The molecule has 0 atom stereocenters. The lowest BCUT2D eigenvalue weighted by Gasteiger charge is -2.29. The first-order valence-corrected chi connectivity index (χ1v) is 6.37. The van der Waals surface area contributed by atoms with E-state index in [1.54, 1.807) is 11.3 Å². The highest BCUT2D eigenvalue weighted by Gasteiger charge is 2.25. The summed E-state index contributed by atoms with van der Waals surface area (Å²) in [5.41, 5.74) is 2.07. The molecule has 4 nitrogen and oxygen atoms in total. The highest BCUT2D eigenvalue weighted by atomic mass is 32.1. The Morgan fingerprint density at radius 2 is 2.33 bits per heavy atom. The highest BCUT2D eigenvalue weighted by Crippen LogP contribution is 2.37. The molecule has 0 radical (unpaired) electrons. The van der Waals surface area contributed by atoms with E-state index >= 15 is 0 Å². The average molecular weight is 261 g/mol. The van der Waals surface area contributed by atoms with Gasteiger partial charge in [-0.2, -0.15) is 0 Å². The molecule has 0 unspecified atom stereocenters. The van der Waals surface area contributed by atoms with E-state index in [0.29, 0.717) is 5.76 Å². The molecule has 2 aliphatic rings. The zero-order valence-corrected chi connectivity index (χ0v) is 10.6. The fourth-order valence-corrected chi connectivity index (χ4v) is 2.94. The van der Waals surface area contributed by atoms with Crippen molar-refractivity contribution in [1.29, 1.82) is 0 Å². The Morgan fingerprint density at radius 3 is 3.17 bits per heavy atom. The van der Waals surface area contributed by atoms with Crippen LogP contribution in [0.25, 0.3) is 11.8 Å². The Balaban J connectivity index is 2.07. The molecule has 0 fully saturated rings. The summed E-state index contributed by atoms with van der Waals surface area (Å²) in [6.07, 6.45) is 7.12.